The van der Waals surface area contributed by atoms with Gasteiger partial charge in [-0.3, -0.25) is 0 Å². The first-order valence-corrected chi connectivity index (χ1v) is 11.6. The van der Waals surface area contributed by atoms with E-state index in [1.165, 1.54) is 19.5 Å². The molecule has 1 heterocycles. The molecule has 0 spiro atoms. The van der Waals surface area contributed by atoms with Crippen LogP contribution in [0.15, 0.2) is 41.1 Å². The second kappa shape index (κ2) is 13.9. The highest BCUT2D eigenvalue weighted by Gasteiger charge is 2.35. The number of anilines is 2. The molecule has 4 atom stereocenters. The average Bonchev–Trinajstić information content (AvgIpc) is 2.86. The maximum atomic E-state index is 12.5. The molecule has 15 heteroatoms. The van der Waals surface area contributed by atoms with Crippen molar-refractivity contribution >= 4 is 49.9 Å². The fraction of sp³-hybridized carbons (Fsp3) is 0.364. The van der Waals surface area contributed by atoms with Gasteiger partial charge < -0.3 is 45.4 Å². The summed E-state index contributed by atoms with van der Waals surface area (Å²) in [6.07, 6.45) is -5.91. The molecule has 0 fully saturated rings. The van der Waals surface area contributed by atoms with Crippen molar-refractivity contribution in [3.8, 4) is 11.5 Å². The van der Waals surface area contributed by atoms with E-state index in [9.17, 15) is 29.2 Å². The van der Waals surface area contributed by atoms with Crippen LogP contribution in [0.3, 0.4) is 0 Å². The zero-order valence-electron chi connectivity index (χ0n) is 19.2. The Morgan fingerprint density at radius 3 is 2.30 bits per heavy atom. The number of nitrogens with zero attached hydrogens (tertiary/aromatic N) is 2. The lowest BCUT2D eigenvalue weighted by atomic mass is 10.0. The molecule has 204 valence electrons. The molecule has 0 amide bonds. The van der Waals surface area contributed by atoms with Crippen LogP contribution in [0, 0.1) is 0 Å². The molecule has 0 aliphatic rings. The molecule has 0 bridgehead atoms. The van der Waals surface area contributed by atoms with Crippen LogP contribution in [0.25, 0.3) is 10.9 Å². The Bertz CT molecular complexity index is 1180. The smallest absolute Gasteiger partial charge is 0.345 e. The summed E-state index contributed by atoms with van der Waals surface area (Å²) in [7, 11) is 1.36. The molecule has 2 aromatic carbocycles. The van der Waals surface area contributed by atoms with Gasteiger partial charge in [-0.25, -0.2) is 9.97 Å². The van der Waals surface area contributed by atoms with E-state index in [2.05, 4.69) is 36.0 Å². The molecule has 0 saturated carbocycles. The molecule has 37 heavy (non-hydrogen) atoms. The number of alkyl halides is 2. The molecule has 0 radical (unpaired) electrons. The summed E-state index contributed by atoms with van der Waals surface area (Å²) < 4.78 is 40.9. The highest BCUT2D eigenvalue weighted by Crippen LogP contribution is 2.36. The molecule has 0 aliphatic heterocycles. The van der Waals surface area contributed by atoms with Gasteiger partial charge in [0.05, 0.1) is 30.9 Å². The maximum absolute atomic E-state index is 12.5. The number of methoxy groups -OCH3 is 1. The second-order valence-corrected chi connectivity index (χ2v) is 8.70. The molecular formula is C22H25BrClF2N3O8. The van der Waals surface area contributed by atoms with Gasteiger partial charge in [0.15, 0.2) is 17.6 Å². The SMILES string of the molecule is COc1cc2c(Nc3ccc(Br)c(Cl)c3)ncnc2cc1O[C@@H](CO)[C@@H](O)[C@H](O)[C@H](CO)OC(F)F.O. The van der Waals surface area contributed by atoms with Crippen molar-refractivity contribution in [3.63, 3.8) is 0 Å². The first-order valence-electron chi connectivity index (χ1n) is 10.4. The number of benzene rings is 2. The molecule has 0 saturated heterocycles. The van der Waals surface area contributed by atoms with Gasteiger partial charge in [0.25, 0.3) is 0 Å². The minimum Gasteiger partial charge on any atom is -0.493 e. The van der Waals surface area contributed by atoms with Gasteiger partial charge >= 0.3 is 6.61 Å². The lowest BCUT2D eigenvalue weighted by Crippen LogP contribution is -2.50. The third kappa shape index (κ3) is 7.55. The third-order valence-electron chi connectivity index (χ3n) is 5.13. The lowest BCUT2D eigenvalue weighted by molar-refractivity contribution is -0.216. The molecule has 7 N–H and O–H groups in total. The van der Waals surface area contributed by atoms with Crippen molar-refractivity contribution in [3.05, 3.63) is 46.2 Å². The predicted octanol–water partition coefficient (Wildman–Crippen LogP) is 2.03. The topological polar surface area (TPSA) is 178 Å². The van der Waals surface area contributed by atoms with E-state index in [-0.39, 0.29) is 17.0 Å². The van der Waals surface area contributed by atoms with Crippen molar-refractivity contribution in [2.45, 2.75) is 31.0 Å². The number of hydrogen-bond acceptors (Lipinski definition) is 10. The Labute approximate surface area is 223 Å². The Hall–Kier alpha value is -2.43. The number of aliphatic hydroxyl groups excluding tert-OH is 4. The summed E-state index contributed by atoms with van der Waals surface area (Å²) in [5.74, 6) is 0.617. The van der Waals surface area contributed by atoms with Gasteiger partial charge in [0.2, 0.25) is 0 Å². The Balaban J connectivity index is 0.00000481. The summed E-state index contributed by atoms with van der Waals surface area (Å²) in [5.41, 5.74) is 1.05. The molecule has 1 aromatic heterocycles. The summed E-state index contributed by atoms with van der Waals surface area (Å²) in [6.45, 7) is -5.11. The number of hydrogen-bond donors (Lipinski definition) is 5. The minimum atomic E-state index is -3.30. The average molecular weight is 613 g/mol. The van der Waals surface area contributed by atoms with E-state index < -0.39 is 44.2 Å². The van der Waals surface area contributed by atoms with Gasteiger partial charge in [-0.05, 0) is 40.2 Å². The number of halogens is 4. The van der Waals surface area contributed by atoms with Crippen molar-refractivity contribution < 1.29 is 48.9 Å². The Morgan fingerprint density at radius 2 is 1.70 bits per heavy atom. The van der Waals surface area contributed by atoms with E-state index in [0.29, 0.717) is 27.4 Å². The third-order valence-corrected chi connectivity index (χ3v) is 6.36. The summed E-state index contributed by atoms with van der Waals surface area (Å²) >= 11 is 9.48. The fourth-order valence-corrected chi connectivity index (χ4v) is 3.73. The normalized spacial score (nSPS) is 14.5. The predicted molar refractivity (Wildman–Crippen MR) is 134 cm³/mol. The zero-order chi connectivity index (χ0) is 26.4. The van der Waals surface area contributed by atoms with Crippen molar-refractivity contribution in [2.24, 2.45) is 0 Å². The van der Waals surface area contributed by atoms with Crippen LogP contribution >= 0.6 is 27.5 Å². The van der Waals surface area contributed by atoms with Gasteiger partial charge in [-0.1, -0.05) is 11.6 Å². The largest absolute Gasteiger partial charge is 0.493 e. The maximum Gasteiger partial charge on any atom is 0.345 e. The van der Waals surface area contributed by atoms with E-state index in [4.69, 9.17) is 21.1 Å². The van der Waals surface area contributed by atoms with Gasteiger partial charge in [0.1, 0.15) is 30.5 Å². The molecule has 11 nitrogen and oxygen atoms in total. The van der Waals surface area contributed by atoms with Crippen LogP contribution in [0.5, 0.6) is 11.5 Å². The zero-order valence-corrected chi connectivity index (χ0v) is 21.5. The highest BCUT2D eigenvalue weighted by atomic mass is 79.9. The number of fused-ring (bicyclic) bond motifs is 1. The van der Waals surface area contributed by atoms with Crippen LogP contribution in [-0.2, 0) is 4.74 Å². The second-order valence-electron chi connectivity index (χ2n) is 7.43. The van der Waals surface area contributed by atoms with Gasteiger partial charge in [-0.2, -0.15) is 8.78 Å². The number of nitrogens with one attached hydrogen (secondary N) is 1. The van der Waals surface area contributed by atoms with E-state index in [1.807, 2.05) is 0 Å². The van der Waals surface area contributed by atoms with Crippen LogP contribution in [-0.4, -0.2) is 87.2 Å². The van der Waals surface area contributed by atoms with E-state index >= 15 is 0 Å². The number of rotatable bonds is 12. The molecule has 3 aromatic rings. The van der Waals surface area contributed by atoms with E-state index in [1.54, 1.807) is 24.3 Å². The van der Waals surface area contributed by atoms with Crippen molar-refractivity contribution in [1.82, 2.24) is 9.97 Å². The van der Waals surface area contributed by atoms with Gasteiger partial charge in [0, 0.05) is 21.6 Å². The van der Waals surface area contributed by atoms with Crippen LogP contribution in [0.1, 0.15) is 0 Å². The quantitative estimate of drug-likeness (QED) is 0.203. The summed E-state index contributed by atoms with van der Waals surface area (Å²) in [4.78, 5) is 8.46. The standard InChI is InChI=1S/C22H23BrClF2N3O7.H2O/c1-34-15-5-11-14(27-9-28-21(11)29-10-2-3-12(23)13(24)4-10)6-16(15)35-17(7-30)19(32)20(33)18(8-31)36-22(25)26;/h2-6,9,17-20,22,30-33H,7-8H2,1H3,(H,27,28,29);1H2/t17-,18-,19+,20+;/m0./s1. The molecular weight excluding hydrogens is 588 g/mol. The Morgan fingerprint density at radius 1 is 1.03 bits per heavy atom. The number of ether oxygens (including phenoxy) is 3. The molecule has 3 rings (SSSR count). The Kier molecular flexibility index (Phi) is 11.6. The van der Waals surface area contributed by atoms with E-state index in [0.717, 1.165) is 4.47 Å². The molecule has 0 unspecified atom stereocenters. The first-order chi connectivity index (χ1) is 17.2. The summed E-state index contributed by atoms with van der Waals surface area (Å²) in [5, 5.41) is 43.7. The van der Waals surface area contributed by atoms with Crippen LogP contribution in [0.4, 0.5) is 20.3 Å². The van der Waals surface area contributed by atoms with Crippen LogP contribution in [0.2, 0.25) is 5.02 Å². The fourth-order valence-electron chi connectivity index (χ4n) is 3.31. The van der Waals surface area contributed by atoms with Crippen LogP contribution < -0.4 is 14.8 Å². The number of aromatic nitrogens is 2. The first kappa shape index (κ1) is 30.8. The monoisotopic (exact) mass is 611 g/mol. The minimum absolute atomic E-state index is 0. The molecule has 0 aliphatic carbocycles. The van der Waals surface area contributed by atoms with Crippen molar-refractivity contribution in [2.75, 3.05) is 25.6 Å². The van der Waals surface area contributed by atoms with Gasteiger partial charge in [-0.15, -0.1) is 0 Å². The number of aliphatic hydroxyl groups is 4. The lowest BCUT2D eigenvalue weighted by Gasteiger charge is -2.30. The summed E-state index contributed by atoms with van der Waals surface area (Å²) in [6, 6.07) is 8.26. The van der Waals surface area contributed by atoms with Crippen molar-refractivity contribution in [1.29, 1.82) is 0 Å². The highest BCUT2D eigenvalue weighted by molar-refractivity contribution is 9.10.